The molecule has 0 aliphatic heterocycles. The van der Waals surface area contributed by atoms with E-state index in [9.17, 15) is 0 Å². The van der Waals surface area contributed by atoms with E-state index >= 15 is 0 Å². The quantitative estimate of drug-likeness (QED) is 0.916. The fraction of sp³-hybridized carbons (Fsp3) is 0.824. The number of nitrogens with zero attached hydrogens (tertiary/aromatic N) is 2. The number of aromatic nitrogens is 2. The molecule has 1 aromatic heterocycles. The van der Waals surface area contributed by atoms with E-state index in [2.05, 4.69) is 17.8 Å². The van der Waals surface area contributed by atoms with Crippen LogP contribution < -0.4 is 5.73 Å². The first-order valence-electron chi connectivity index (χ1n) is 8.44. The van der Waals surface area contributed by atoms with E-state index in [1.807, 2.05) is 0 Å². The maximum absolute atomic E-state index is 5.65. The predicted octanol–water partition coefficient (Wildman–Crippen LogP) is 2.54. The van der Waals surface area contributed by atoms with Crippen molar-refractivity contribution in [1.29, 1.82) is 0 Å². The molecule has 0 radical (unpaired) electrons. The molecule has 3 heteroatoms. The van der Waals surface area contributed by atoms with Gasteiger partial charge in [0.1, 0.15) is 5.82 Å². The molecule has 3 nitrogen and oxygen atoms in total. The van der Waals surface area contributed by atoms with Gasteiger partial charge >= 0.3 is 0 Å². The van der Waals surface area contributed by atoms with Gasteiger partial charge in [-0.2, -0.15) is 0 Å². The third kappa shape index (κ3) is 2.11. The summed E-state index contributed by atoms with van der Waals surface area (Å²) in [7, 11) is 2.15. The molecule has 1 aromatic rings. The Labute approximate surface area is 122 Å². The average molecular weight is 273 g/mol. The molecule has 0 aromatic carbocycles. The highest BCUT2D eigenvalue weighted by atomic mass is 15.0. The van der Waals surface area contributed by atoms with Crippen molar-refractivity contribution < 1.29 is 0 Å². The molecule has 0 saturated heterocycles. The van der Waals surface area contributed by atoms with Crippen molar-refractivity contribution in [1.82, 2.24) is 9.55 Å². The van der Waals surface area contributed by atoms with Crippen LogP contribution in [0.5, 0.6) is 0 Å². The summed E-state index contributed by atoms with van der Waals surface area (Å²) < 4.78 is 2.25. The molecule has 0 spiro atoms. The van der Waals surface area contributed by atoms with Crippen molar-refractivity contribution in [3.63, 3.8) is 0 Å². The molecule has 0 atom stereocenters. The minimum Gasteiger partial charge on any atom is -0.338 e. The maximum atomic E-state index is 5.65. The zero-order chi connectivity index (χ0) is 13.7. The first kappa shape index (κ1) is 12.9. The van der Waals surface area contributed by atoms with Crippen molar-refractivity contribution in [2.45, 2.75) is 44.9 Å². The lowest BCUT2D eigenvalue weighted by atomic mass is 9.51. The SMILES string of the molecule is Cn1cc(CCN)nc1CC1C2CC3CC(C2)CC1C3. The van der Waals surface area contributed by atoms with Crippen LogP contribution in [-0.2, 0) is 19.9 Å². The van der Waals surface area contributed by atoms with E-state index in [1.54, 1.807) is 6.42 Å². The maximum Gasteiger partial charge on any atom is 0.109 e. The lowest BCUT2D eigenvalue weighted by molar-refractivity contribution is -0.0369. The monoisotopic (exact) mass is 273 g/mol. The summed E-state index contributed by atoms with van der Waals surface area (Å²) in [6, 6.07) is 0. The van der Waals surface area contributed by atoms with E-state index < -0.39 is 0 Å². The van der Waals surface area contributed by atoms with Gasteiger partial charge in [0.25, 0.3) is 0 Å². The molecule has 4 saturated carbocycles. The van der Waals surface area contributed by atoms with Gasteiger partial charge in [-0.3, -0.25) is 0 Å². The summed E-state index contributed by atoms with van der Waals surface area (Å²) in [5.41, 5.74) is 6.82. The van der Waals surface area contributed by atoms with E-state index in [4.69, 9.17) is 10.7 Å². The second-order valence-electron chi connectivity index (χ2n) is 7.60. The van der Waals surface area contributed by atoms with Crippen molar-refractivity contribution in [2.24, 2.45) is 42.4 Å². The van der Waals surface area contributed by atoms with Gasteiger partial charge in [0.15, 0.2) is 0 Å². The van der Waals surface area contributed by atoms with Crippen LogP contribution in [0.3, 0.4) is 0 Å². The first-order valence-corrected chi connectivity index (χ1v) is 8.44. The lowest BCUT2D eigenvalue weighted by Gasteiger charge is -2.54. The third-order valence-electron chi connectivity index (χ3n) is 6.26. The number of imidazole rings is 1. The number of nitrogens with two attached hydrogens (primary N) is 1. The Morgan fingerprint density at radius 3 is 2.40 bits per heavy atom. The Kier molecular flexibility index (Phi) is 3.13. The zero-order valence-corrected chi connectivity index (χ0v) is 12.6. The molecule has 4 fully saturated rings. The molecule has 2 N–H and O–H groups in total. The van der Waals surface area contributed by atoms with Gasteiger partial charge in [-0.25, -0.2) is 4.98 Å². The summed E-state index contributed by atoms with van der Waals surface area (Å²) in [6.07, 6.45) is 11.9. The smallest absolute Gasteiger partial charge is 0.109 e. The van der Waals surface area contributed by atoms with Gasteiger partial charge in [-0.1, -0.05) is 0 Å². The van der Waals surface area contributed by atoms with Crippen molar-refractivity contribution in [3.8, 4) is 0 Å². The van der Waals surface area contributed by atoms with Crippen LogP contribution in [0, 0.1) is 29.6 Å². The Morgan fingerprint density at radius 1 is 1.15 bits per heavy atom. The Balaban J connectivity index is 1.51. The number of hydrogen-bond donors (Lipinski definition) is 1. The fourth-order valence-electron chi connectivity index (χ4n) is 5.61. The molecule has 4 bridgehead atoms. The second-order valence-corrected chi connectivity index (χ2v) is 7.60. The molecule has 4 aliphatic rings. The largest absolute Gasteiger partial charge is 0.338 e. The van der Waals surface area contributed by atoms with Gasteiger partial charge in [0.2, 0.25) is 0 Å². The topological polar surface area (TPSA) is 43.8 Å². The second kappa shape index (κ2) is 4.87. The molecule has 0 unspecified atom stereocenters. The molecule has 5 rings (SSSR count). The van der Waals surface area contributed by atoms with E-state index in [1.165, 1.54) is 43.6 Å². The van der Waals surface area contributed by atoms with Crippen LogP contribution in [0.15, 0.2) is 6.20 Å². The van der Waals surface area contributed by atoms with Gasteiger partial charge in [0, 0.05) is 26.1 Å². The lowest BCUT2D eigenvalue weighted by Crippen LogP contribution is -2.46. The average Bonchev–Trinajstić information content (AvgIpc) is 2.74. The highest BCUT2D eigenvalue weighted by Crippen LogP contribution is 2.57. The predicted molar refractivity (Wildman–Crippen MR) is 80.2 cm³/mol. The minimum atomic E-state index is 0.703. The molecule has 110 valence electrons. The van der Waals surface area contributed by atoms with E-state index in [-0.39, 0.29) is 0 Å². The first-order chi connectivity index (χ1) is 9.72. The molecule has 0 amide bonds. The Bertz CT molecular complexity index is 462. The van der Waals surface area contributed by atoms with Crippen LogP contribution in [0.25, 0.3) is 0 Å². The zero-order valence-electron chi connectivity index (χ0n) is 12.6. The molecule has 20 heavy (non-hydrogen) atoms. The standard InChI is InChI=1S/C17H27N3/c1-20-10-15(2-3-18)19-17(20)9-16-13-5-11-4-12(7-13)8-14(16)6-11/h10-14,16H,2-9,18H2,1H3. The van der Waals surface area contributed by atoms with Crippen LogP contribution in [-0.4, -0.2) is 16.1 Å². The van der Waals surface area contributed by atoms with Crippen LogP contribution in [0.2, 0.25) is 0 Å². The normalized spacial score (nSPS) is 38.6. The number of rotatable bonds is 4. The van der Waals surface area contributed by atoms with Crippen LogP contribution >= 0.6 is 0 Å². The van der Waals surface area contributed by atoms with Crippen LogP contribution in [0.4, 0.5) is 0 Å². The van der Waals surface area contributed by atoms with Crippen molar-refractivity contribution >= 4 is 0 Å². The van der Waals surface area contributed by atoms with E-state index in [0.717, 1.165) is 36.0 Å². The summed E-state index contributed by atoms with van der Waals surface area (Å²) in [6.45, 7) is 0.703. The molecule has 4 aliphatic carbocycles. The van der Waals surface area contributed by atoms with Crippen LogP contribution in [0.1, 0.15) is 43.6 Å². The van der Waals surface area contributed by atoms with Crippen molar-refractivity contribution in [2.75, 3.05) is 6.54 Å². The summed E-state index contributed by atoms with van der Waals surface area (Å²) in [4.78, 5) is 4.83. The van der Waals surface area contributed by atoms with Gasteiger partial charge in [-0.05, 0) is 68.2 Å². The van der Waals surface area contributed by atoms with Gasteiger partial charge in [-0.15, -0.1) is 0 Å². The summed E-state index contributed by atoms with van der Waals surface area (Å²) in [5, 5.41) is 0. The van der Waals surface area contributed by atoms with Crippen molar-refractivity contribution in [3.05, 3.63) is 17.7 Å². The summed E-state index contributed by atoms with van der Waals surface area (Å²) in [5.74, 6) is 6.35. The molecular weight excluding hydrogens is 246 g/mol. The summed E-state index contributed by atoms with van der Waals surface area (Å²) >= 11 is 0. The Hall–Kier alpha value is -0.830. The third-order valence-corrected chi connectivity index (χ3v) is 6.26. The van der Waals surface area contributed by atoms with Gasteiger partial charge < -0.3 is 10.3 Å². The minimum absolute atomic E-state index is 0.703. The fourth-order valence-corrected chi connectivity index (χ4v) is 5.61. The highest BCUT2D eigenvalue weighted by molar-refractivity contribution is 5.08. The number of hydrogen-bond acceptors (Lipinski definition) is 2. The Morgan fingerprint density at radius 2 is 1.80 bits per heavy atom. The van der Waals surface area contributed by atoms with Gasteiger partial charge in [0.05, 0.1) is 5.69 Å². The molecule has 1 heterocycles. The molecular formula is C17H27N3. The number of aryl methyl sites for hydroxylation is 1. The van der Waals surface area contributed by atoms with E-state index in [0.29, 0.717) is 6.54 Å². The highest BCUT2D eigenvalue weighted by Gasteiger charge is 2.48.